The Morgan fingerprint density at radius 3 is 2.50 bits per heavy atom. The van der Waals surface area contributed by atoms with Crippen LogP contribution in [0.5, 0.6) is 0 Å². The van der Waals surface area contributed by atoms with Crippen molar-refractivity contribution in [3.63, 3.8) is 0 Å². The lowest BCUT2D eigenvalue weighted by atomic mass is 10.2. The molecule has 1 aromatic heterocycles. The number of rotatable bonds is 6. The molecule has 0 radical (unpaired) electrons. The van der Waals surface area contributed by atoms with Gasteiger partial charge in [0.2, 0.25) is 0 Å². The number of nitrogens with zero attached hydrogens (tertiary/aromatic N) is 2. The van der Waals surface area contributed by atoms with Crippen LogP contribution in [0, 0.1) is 13.8 Å². The van der Waals surface area contributed by atoms with Gasteiger partial charge in [-0.2, -0.15) is 16.9 Å². The highest BCUT2D eigenvalue weighted by atomic mass is 32.2. The molecule has 0 atom stereocenters. The third-order valence-electron chi connectivity index (χ3n) is 2.92. The molecule has 1 heterocycles. The molecule has 1 N–H and O–H groups in total. The molecule has 1 rings (SSSR count). The first-order valence-corrected chi connectivity index (χ1v) is 7.71. The Bertz CT molecular complexity index is 377. The SMILES string of the molecule is CCNCc1c(C)nn(CCSC(C)(C)C)c1C. The molecular formula is C14H27N3S. The summed E-state index contributed by atoms with van der Waals surface area (Å²) in [5.41, 5.74) is 3.83. The van der Waals surface area contributed by atoms with Crippen LogP contribution in [0.15, 0.2) is 0 Å². The predicted molar refractivity (Wildman–Crippen MR) is 81.3 cm³/mol. The molecule has 0 aliphatic rings. The van der Waals surface area contributed by atoms with Gasteiger partial charge in [0.05, 0.1) is 12.2 Å². The fourth-order valence-corrected chi connectivity index (χ4v) is 2.77. The van der Waals surface area contributed by atoms with Gasteiger partial charge in [0, 0.05) is 28.3 Å². The molecule has 0 unspecified atom stereocenters. The Kier molecular flexibility index (Phi) is 5.73. The summed E-state index contributed by atoms with van der Waals surface area (Å²) < 4.78 is 2.49. The minimum absolute atomic E-state index is 0.336. The topological polar surface area (TPSA) is 29.9 Å². The number of hydrogen-bond acceptors (Lipinski definition) is 3. The summed E-state index contributed by atoms with van der Waals surface area (Å²) >= 11 is 1.99. The van der Waals surface area contributed by atoms with Crippen LogP contribution in [0.3, 0.4) is 0 Å². The number of thioether (sulfide) groups is 1. The van der Waals surface area contributed by atoms with Crippen LogP contribution in [0.2, 0.25) is 0 Å². The molecule has 0 spiro atoms. The molecule has 18 heavy (non-hydrogen) atoms. The van der Waals surface area contributed by atoms with Crippen molar-refractivity contribution in [2.24, 2.45) is 0 Å². The maximum absolute atomic E-state index is 4.65. The van der Waals surface area contributed by atoms with Gasteiger partial charge in [-0.25, -0.2) is 0 Å². The lowest BCUT2D eigenvalue weighted by Gasteiger charge is -2.17. The number of hydrogen-bond donors (Lipinski definition) is 1. The van der Waals surface area contributed by atoms with E-state index in [-0.39, 0.29) is 0 Å². The first-order valence-electron chi connectivity index (χ1n) is 6.72. The average Bonchev–Trinajstić information content (AvgIpc) is 2.51. The van der Waals surface area contributed by atoms with E-state index in [1.165, 1.54) is 11.3 Å². The highest BCUT2D eigenvalue weighted by Gasteiger charge is 2.13. The summed E-state index contributed by atoms with van der Waals surface area (Å²) in [5, 5.41) is 8.03. The molecule has 0 saturated carbocycles. The highest BCUT2D eigenvalue weighted by molar-refractivity contribution is 8.00. The van der Waals surface area contributed by atoms with Crippen molar-refractivity contribution in [2.45, 2.75) is 59.4 Å². The standard InChI is InChI=1S/C14H27N3S/c1-7-15-10-13-11(2)16-17(12(13)3)8-9-18-14(4,5)6/h15H,7-10H2,1-6H3. The smallest absolute Gasteiger partial charge is 0.0641 e. The molecule has 4 heteroatoms. The second-order valence-corrected chi connectivity index (χ2v) is 7.54. The normalized spacial score (nSPS) is 12.1. The third-order valence-corrected chi connectivity index (χ3v) is 4.17. The summed E-state index contributed by atoms with van der Waals surface area (Å²) in [6.07, 6.45) is 0. The average molecular weight is 269 g/mol. The van der Waals surface area contributed by atoms with Crippen molar-refractivity contribution in [3.8, 4) is 0 Å². The maximum Gasteiger partial charge on any atom is 0.0641 e. The summed E-state index contributed by atoms with van der Waals surface area (Å²) in [4.78, 5) is 0. The van der Waals surface area contributed by atoms with E-state index in [1.54, 1.807) is 0 Å². The lowest BCUT2D eigenvalue weighted by Crippen LogP contribution is -2.14. The Balaban J connectivity index is 2.61. The van der Waals surface area contributed by atoms with Crippen LogP contribution in [-0.4, -0.2) is 26.8 Å². The van der Waals surface area contributed by atoms with Crippen LogP contribution in [-0.2, 0) is 13.1 Å². The van der Waals surface area contributed by atoms with Crippen molar-refractivity contribution in [1.82, 2.24) is 15.1 Å². The zero-order valence-corrected chi connectivity index (χ0v) is 13.4. The molecule has 104 valence electrons. The summed E-state index contributed by atoms with van der Waals surface area (Å²) in [5.74, 6) is 1.12. The van der Waals surface area contributed by atoms with Crippen LogP contribution >= 0.6 is 11.8 Å². The van der Waals surface area contributed by atoms with Gasteiger partial charge in [-0.15, -0.1) is 0 Å². The minimum atomic E-state index is 0.336. The molecule has 1 aromatic rings. The second kappa shape index (κ2) is 6.62. The van der Waals surface area contributed by atoms with Crippen LogP contribution in [0.4, 0.5) is 0 Å². The Labute approximate surface area is 116 Å². The van der Waals surface area contributed by atoms with E-state index in [1.807, 2.05) is 11.8 Å². The largest absolute Gasteiger partial charge is 0.313 e. The molecule has 0 aliphatic heterocycles. The number of aromatic nitrogens is 2. The molecular weight excluding hydrogens is 242 g/mol. The third kappa shape index (κ3) is 4.65. The quantitative estimate of drug-likeness (QED) is 0.860. The summed E-state index contributed by atoms with van der Waals surface area (Å²) in [6, 6.07) is 0. The zero-order chi connectivity index (χ0) is 13.8. The fraction of sp³-hybridized carbons (Fsp3) is 0.786. The fourth-order valence-electron chi connectivity index (χ4n) is 1.90. The van der Waals surface area contributed by atoms with Gasteiger partial charge in [0.25, 0.3) is 0 Å². The Morgan fingerprint density at radius 2 is 1.94 bits per heavy atom. The van der Waals surface area contributed by atoms with Crippen LogP contribution in [0.1, 0.15) is 44.6 Å². The monoisotopic (exact) mass is 269 g/mol. The van der Waals surface area contributed by atoms with E-state index < -0.39 is 0 Å². The van der Waals surface area contributed by atoms with E-state index in [4.69, 9.17) is 0 Å². The van der Waals surface area contributed by atoms with E-state index in [0.29, 0.717) is 4.75 Å². The van der Waals surface area contributed by atoms with Crippen molar-refractivity contribution in [1.29, 1.82) is 0 Å². The van der Waals surface area contributed by atoms with Gasteiger partial charge >= 0.3 is 0 Å². The van der Waals surface area contributed by atoms with Crippen molar-refractivity contribution in [3.05, 3.63) is 17.0 Å². The zero-order valence-electron chi connectivity index (χ0n) is 12.6. The van der Waals surface area contributed by atoms with Gasteiger partial charge in [0.15, 0.2) is 0 Å². The van der Waals surface area contributed by atoms with E-state index in [0.717, 1.165) is 31.1 Å². The van der Waals surface area contributed by atoms with Crippen molar-refractivity contribution in [2.75, 3.05) is 12.3 Å². The second-order valence-electron chi connectivity index (χ2n) is 5.61. The molecule has 3 nitrogen and oxygen atoms in total. The molecule has 0 aliphatic carbocycles. The van der Waals surface area contributed by atoms with E-state index in [2.05, 4.69) is 56.6 Å². The molecule has 0 bridgehead atoms. The van der Waals surface area contributed by atoms with Gasteiger partial charge < -0.3 is 5.32 Å². The molecule has 0 fully saturated rings. The van der Waals surface area contributed by atoms with Crippen molar-refractivity contribution >= 4 is 11.8 Å². The number of aryl methyl sites for hydroxylation is 2. The lowest BCUT2D eigenvalue weighted by molar-refractivity contribution is 0.635. The first-order chi connectivity index (χ1) is 8.35. The molecule has 0 aromatic carbocycles. The Hall–Kier alpha value is -0.480. The van der Waals surface area contributed by atoms with Gasteiger partial charge in [-0.05, 0) is 20.4 Å². The van der Waals surface area contributed by atoms with Gasteiger partial charge in [-0.1, -0.05) is 27.7 Å². The van der Waals surface area contributed by atoms with Crippen LogP contribution in [0.25, 0.3) is 0 Å². The van der Waals surface area contributed by atoms with E-state index >= 15 is 0 Å². The van der Waals surface area contributed by atoms with Crippen molar-refractivity contribution < 1.29 is 0 Å². The van der Waals surface area contributed by atoms with Gasteiger partial charge in [0.1, 0.15) is 0 Å². The Morgan fingerprint density at radius 1 is 1.28 bits per heavy atom. The molecule has 0 amide bonds. The summed E-state index contributed by atoms with van der Waals surface area (Å²) in [7, 11) is 0. The first kappa shape index (κ1) is 15.6. The summed E-state index contributed by atoms with van der Waals surface area (Å²) in [6.45, 7) is 16.1. The van der Waals surface area contributed by atoms with Gasteiger partial charge in [-0.3, -0.25) is 4.68 Å². The maximum atomic E-state index is 4.65. The predicted octanol–water partition coefficient (Wildman–Crippen LogP) is 3.14. The minimum Gasteiger partial charge on any atom is -0.313 e. The number of nitrogens with one attached hydrogen (secondary N) is 1. The highest BCUT2D eigenvalue weighted by Crippen LogP contribution is 2.23. The molecule has 0 saturated heterocycles. The van der Waals surface area contributed by atoms with Crippen LogP contribution < -0.4 is 5.32 Å². The van der Waals surface area contributed by atoms with E-state index in [9.17, 15) is 0 Å².